The molecule has 11 heteroatoms. The molecule has 11 nitrogen and oxygen atoms in total. The van der Waals surface area contributed by atoms with E-state index in [1.54, 1.807) is 34.6 Å². The van der Waals surface area contributed by atoms with Gasteiger partial charge in [-0.15, -0.1) is 0 Å². The van der Waals surface area contributed by atoms with E-state index < -0.39 is 102 Å². The van der Waals surface area contributed by atoms with Gasteiger partial charge in [-0.25, -0.2) is 0 Å². The molecule has 2 saturated heterocycles. The first-order valence-corrected chi connectivity index (χ1v) is 13.9. The molecule has 2 aliphatic rings. The van der Waals surface area contributed by atoms with Gasteiger partial charge in [-0.05, 0) is 41.0 Å². The minimum Gasteiger partial charge on any atom is -0.462 e. The molecule has 0 spiro atoms. The number of aliphatic hydroxyl groups is 6. The van der Waals surface area contributed by atoms with Crippen molar-refractivity contribution in [2.75, 3.05) is 0 Å². The molecule has 0 saturated carbocycles. The zero-order valence-corrected chi connectivity index (χ0v) is 24.7. The van der Waals surface area contributed by atoms with Crippen molar-refractivity contribution in [3.05, 3.63) is 0 Å². The molecule has 0 amide bonds. The molecule has 39 heavy (non-hydrogen) atoms. The third-order valence-corrected chi connectivity index (χ3v) is 8.81. The van der Waals surface area contributed by atoms with Gasteiger partial charge in [0.05, 0.1) is 41.5 Å². The highest BCUT2D eigenvalue weighted by atomic mass is 16.7. The van der Waals surface area contributed by atoms with E-state index in [2.05, 4.69) is 0 Å². The van der Waals surface area contributed by atoms with Gasteiger partial charge in [0.25, 0.3) is 0 Å². The monoisotopic (exact) mass is 562 g/mol. The summed E-state index contributed by atoms with van der Waals surface area (Å²) in [7, 11) is 0. The molecule has 4 unspecified atom stereocenters. The maximum absolute atomic E-state index is 13.4. The summed E-state index contributed by atoms with van der Waals surface area (Å²) in [5, 5.41) is 65.7. The average Bonchev–Trinajstić information content (AvgIpc) is 2.84. The van der Waals surface area contributed by atoms with E-state index in [0.29, 0.717) is 6.42 Å². The first-order valence-electron chi connectivity index (χ1n) is 13.9. The first-order chi connectivity index (χ1) is 17.7. The number of ether oxygens (including phenoxy) is 3. The predicted molar refractivity (Wildman–Crippen MR) is 140 cm³/mol. The van der Waals surface area contributed by atoms with E-state index in [1.807, 2.05) is 0 Å². The number of cyclic esters (lactones) is 1. The SMILES string of the molecule is CC[C@H]1OC(=O)[C@H](C)[C@@H](OC2CC(C)(O)C(O)C(C)O2)[C@H](C)[C@@H](O)[C@](C)(O)C[C@](C)(O)C(=O)[C@H](C)[C@@H](O)[C@H]1C. The van der Waals surface area contributed by atoms with E-state index in [9.17, 15) is 40.2 Å². The summed E-state index contributed by atoms with van der Waals surface area (Å²) in [6.07, 6.45) is -8.08. The van der Waals surface area contributed by atoms with Gasteiger partial charge in [0.2, 0.25) is 0 Å². The lowest BCUT2D eigenvalue weighted by atomic mass is 9.73. The molecular weight excluding hydrogens is 512 g/mol. The highest BCUT2D eigenvalue weighted by Crippen LogP contribution is 2.37. The fraction of sp³-hybridized carbons (Fsp3) is 0.929. The Morgan fingerprint density at radius 3 is 1.95 bits per heavy atom. The number of aliphatic hydroxyl groups excluding tert-OH is 3. The summed E-state index contributed by atoms with van der Waals surface area (Å²) >= 11 is 0. The second-order valence-electron chi connectivity index (χ2n) is 12.7. The van der Waals surface area contributed by atoms with E-state index in [1.165, 1.54) is 27.7 Å². The quantitative estimate of drug-likeness (QED) is 0.266. The Kier molecular flexibility index (Phi) is 10.8. The van der Waals surface area contributed by atoms with Crippen molar-refractivity contribution in [1.29, 1.82) is 0 Å². The molecule has 0 aliphatic carbocycles. The second kappa shape index (κ2) is 12.4. The Morgan fingerprint density at radius 1 is 0.872 bits per heavy atom. The largest absolute Gasteiger partial charge is 0.462 e. The van der Waals surface area contributed by atoms with Crippen molar-refractivity contribution < 1.29 is 54.4 Å². The molecule has 2 fully saturated rings. The normalized spacial score (nSPS) is 51.2. The number of carbonyl (C=O) groups is 2. The summed E-state index contributed by atoms with van der Waals surface area (Å²) in [6.45, 7) is 13.5. The number of esters is 1. The van der Waals surface area contributed by atoms with Gasteiger partial charge in [0.1, 0.15) is 17.8 Å². The van der Waals surface area contributed by atoms with Crippen molar-refractivity contribution in [2.45, 2.75) is 141 Å². The summed E-state index contributed by atoms with van der Waals surface area (Å²) < 4.78 is 17.7. The number of carbonyl (C=O) groups excluding carboxylic acids is 2. The van der Waals surface area contributed by atoms with Crippen molar-refractivity contribution >= 4 is 11.8 Å². The fourth-order valence-corrected chi connectivity index (χ4v) is 6.19. The van der Waals surface area contributed by atoms with Crippen molar-refractivity contribution in [3.63, 3.8) is 0 Å². The highest BCUT2D eigenvalue weighted by Gasteiger charge is 2.51. The van der Waals surface area contributed by atoms with Gasteiger partial charge < -0.3 is 44.8 Å². The van der Waals surface area contributed by atoms with E-state index in [4.69, 9.17) is 14.2 Å². The topological polar surface area (TPSA) is 183 Å². The van der Waals surface area contributed by atoms with Gasteiger partial charge in [0, 0.05) is 30.6 Å². The van der Waals surface area contributed by atoms with Gasteiger partial charge in [0.15, 0.2) is 12.1 Å². The predicted octanol–water partition coefficient (Wildman–Crippen LogP) is 0.681. The van der Waals surface area contributed by atoms with Crippen LogP contribution in [0.25, 0.3) is 0 Å². The Labute approximate surface area is 231 Å². The molecule has 14 atom stereocenters. The lowest BCUT2D eigenvalue weighted by Crippen LogP contribution is -2.58. The van der Waals surface area contributed by atoms with Gasteiger partial charge in [-0.1, -0.05) is 27.7 Å². The molecule has 6 N–H and O–H groups in total. The van der Waals surface area contributed by atoms with Crippen molar-refractivity contribution in [3.8, 4) is 0 Å². The van der Waals surface area contributed by atoms with Crippen LogP contribution < -0.4 is 0 Å². The van der Waals surface area contributed by atoms with Crippen LogP contribution in [-0.4, -0.2) is 102 Å². The van der Waals surface area contributed by atoms with Crippen molar-refractivity contribution in [2.24, 2.45) is 23.7 Å². The van der Waals surface area contributed by atoms with Crippen LogP contribution in [-0.2, 0) is 23.8 Å². The zero-order valence-electron chi connectivity index (χ0n) is 24.7. The third-order valence-electron chi connectivity index (χ3n) is 8.81. The van der Waals surface area contributed by atoms with Crippen LogP contribution in [0.2, 0.25) is 0 Å². The molecule has 0 aromatic rings. The standard InChI is InChI=1S/C28H50O11/c1-10-18-13(2)20(29)14(3)22(30)27(8,35)12-28(9,36)23(31)15(4)21(16(5)25(33)38-18)39-19-11-26(7,34)24(32)17(6)37-19/h13-21,23-24,29,31-32,34-36H,10-12H2,1-9H3/t13-,14+,15-,16+,17?,18+,19?,20-,21-,23+,24?,26?,27-,28+/m0/s1. The Morgan fingerprint density at radius 2 is 1.44 bits per heavy atom. The summed E-state index contributed by atoms with van der Waals surface area (Å²) in [6, 6.07) is 0. The molecule has 0 radical (unpaired) electrons. The number of hydrogen-bond donors (Lipinski definition) is 6. The number of Topliss-reactive ketones (excluding diaryl/α,β-unsaturated/α-hetero) is 1. The minimum absolute atomic E-state index is 0.127. The highest BCUT2D eigenvalue weighted by molar-refractivity contribution is 5.89. The van der Waals surface area contributed by atoms with Crippen LogP contribution in [0, 0.1) is 23.7 Å². The van der Waals surface area contributed by atoms with E-state index >= 15 is 0 Å². The van der Waals surface area contributed by atoms with E-state index in [-0.39, 0.29) is 6.42 Å². The number of rotatable bonds is 3. The first kappa shape index (κ1) is 34.0. The average molecular weight is 563 g/mol. The molecule has 2 heterocycles. The lowest BCUT2D eigenvalue weighted by molar-refractivity contribution is -0.295. The van der Waals surface area contributed by atoms with E-state index in [0.717, 1.165) is 0 Å². The summed E-state index contributed by atoms with van der Waals surface area (Å²) in [5.41, 5.74) is -5.65. The van der Waals surface area contributed by atoms with Crippen LogP contribution in [0.4, 0.5) is 0 Å². The Hall–Kier alpha value is -1.18. The summed E-state index contributed by atoms with van der Waals surface area (Å²) in [5.74, 6) is -5.05. The lowest BCUT2D eigenvalue weighted by Gasteiger charge is -2.46. The molecular formula is C28H50O11. The van der Waals surface area contributed by atoms with Gasteiger partial charge in [-0.2, -0.15) is 0 Å². The van der Waals surface area contributed by atoms with Crippen LogP contribution in [0.5, 0.6) is 0 Å². The number of ketones is 1. The third kappa shape index (κ3) is 7.37. The Bertz CT molecular complexity index is 856. The van der Waals surface area contributed by atoms with Crippen molar-refractivity contribution in [1.82, 2.24) is 0 Å². The van der Waals surface area contributed by atoms with Crippen LogP contribution in [0.3, 0.4) is 0 Å². The molecule has 0 aromatic carbocycles. The molecule has 0 aromatic heterocycles. The molecule has 0 bridgehead atoms. The second-order valence-corrected chi connectivity index (χ2v) is 12.7. The van der Waals surface area contributed by atoms with Crippen LogP contribution >= 0.6 is 0 Å². The van der Waals surface area contributed by atoms with Crippen LogP contribution in [0.1, 0.15) is 81.6 Å². The summed E-state index contributed by atoms with van der Waals surface area (Å²) in [4.78, 5) is 26.6. The molecule has 2 aliphatic heterocycles. The maximum Gasteiger partial charge on any atom is 0.311 e. The van der Waals surface area contributed by atoms with Gasteiger partial charge >= 0.3 is 5.97 Å². The minimum atomic E-state index is -2.09. The smallest absolute Gasteiger partial charge is 0.311 e. The molecule has 228 valence electrons. The Balaban J connectivity index is 2.54. The number of hydrogen-bond acceptors (Lipinski definition) is 11. The molecule has 2 rings (SSSR count). The fourth-order valence-electron chi connectivity index (χ4n) is 6.19. The maximum atomic E-state index is 13.4. The zero-order chi connectivity index (χ0) is 30.2. The van der Waals surface area contributed by atoms with Crippen LogP contribution in [0.15, 0.2) is 0 Å². The van der Waals surface area contributed by atoms with Gasteiger partial charge in [-0.3, -0.25) is 9.59 Å².